The van der Waals surface area contributed by atoms with Crippen LogP contribution >= 0.6 is 0 Å². The Morgan fingerprint density at radius 1 is 0.957 bits per heavy atom. The second kappa shape index (κ2) is 7.93. The summed E-state index contributed by atoms with van der Waals surface area (Å²) in [7, 11) is 3.89. The van der Waals surface area contributed by atoms with E-state index in [-0.39, 0.29) is 11.8 Å². The quantitative estimate of drug-likeness (QED) is 0.789. The van der Waals surface area contributed by atoms with Gasteiger partial charge in [0.25, 0.3) is 11.8 Å². The minimum Gasteiger partial charge on any atom is -0.378 e. The number of pyridine rings is 1. The molecule has 0 bridgehead atoms. The lowest BCUT2D eigenvalue weighted by atomic mass is 10.2. The van der Waals surface area contributed by atoms with Crippen LogP contribution in [0.2, 0.25) is 0 Å². The van der Waals surface area contributed by atoms with Gasteiger partial charge in [0.15, 0.2) is 0 Å². The summed E-state index contributed by atoms with van der Waals surface area (Å²) in [5.41, 5.74) is 1.98. The summed E-state index contributed by atoms with van der Waals surface area (Å²) in [6, 6.07) is 12.5. The molecule has 2 amide bonds. The van der Waals surface area contributed by atoms with Gasteiger partial charge in [-0.05, 0) is 36.4 Å². The molecule has 2 rings (SSSR count). The fraction of sp³-hybridized carbons (Fsp3) is 0.235. The number of rotatable bonds is 6. The smallest absolute Gasteiger partial charge is 0.269 e. The van der Waals surface area contributed by atoms with Crippen molar-refractivity contribution in [3.8, 4) is 0 Å². The molecule has 1 aromatic carbocycles. The fourth-order valence-corrected chi connectivity index (χ4v) is 1.95. The van der Waals surface area contributed by atoms with Crippen LogP contribution in [0.5, 0.6) is 0 Å². The van der Waals surface area contributed by atoms with Gasteiger partial charge in [-0.1, -0.05) is 6.07 Å². The highest BCUT2D eigenvalue weighted by atomic mass is 16.2. The normalized spacial score (nSPS) is 10.0. The van der Waals surface area contributed by atoms with Gasteiger partial charge in [-0.2, -0.15) is 0 Å². The van der Waals surface area contributed by atoms with Crippen LogP contribution in [-0.4, -0.2) is 44.0 Å². The van der Waals surface area contributed by atoms with E-state index in [9.17, 15) is 9.59 Å². The van der Waals surface area contributed by atoms with Crippen LogP contribution in [0, 0.1) is 0 Å². The Morgan fingerprint density at radius 2 is 1.61 bits per heavy atom. The van der Waals surface area contributed by atoms with Gasteiger partial charge in [-0.3, -0.25) is 14.6 Å². The maximum atomic E-state index is 12.0. The highest BCUT2D eigenvalue weighted by molar-refractivity contribution is 5.94. The maximum absolute atomic E-state index is 12.0. The van der Waals surface area contributed by atoms with Crippen molar-refractivity contribution in [3.05, 3.63) is 59.9 Å². The molecule has 1 heterocycles. The van der Waals surface area contributed by atoms with Gasteiger partial charge >= 0.3 is 0 Å². The monoisotopic (exact) mass is 312 g/mol. The SMILES string of the molecule is CN(C)c1ccc(C(=O)NCCNC(=O)c2ccccn2)cc1. The van der Waals surface area contributed by atoms with E-state index in [0.29, 0.717) is 24.3 Å². The van der Waals surface area contributed by atoms with E-state index in [1.54, 1.807) is 36.5 Å². The zero-order chi connectivity index (χ0) is 16.7. The standard InChI is InChI=1S/C17H20N4O2/c1-21(2)14-8-6-13(7-9-14)16(22)19-11-12-20-17(23)15-5-3-4-10-18-15/h3-10H,11-12H2,1-2H3,(H,19,22)(H,20,23). The molecule has 0 radical (unpaired) electrons. The lowest BCUT2D eigenvalue weighted by Gasteiger charge is -2.12. The van der Waals surface area contributed by atoms with E-state index in [1.807, 2.05) is 31.1 Å². The van der Waals surface area contributed by atoms with Crippen molar-refractivity contribution in [2.24, 2.45) is 0 Å². The van der Waals surface area contributed by atoms with Crippen molar-refractivity contribution in [1.82, 2.24) is 15.6 Å². The van der Waals surface area contributed by atoms with Gasteiger partial charge in [0.05, 0.1) is 0 Å². The number of anilines is 1. The lowest BCUT2D eigenvalue weighted by molar-refractivity contribution is 0.0925. The average molecular weight is 312 g/mol. The second-order valence-corrected chi connectivity index (χ2v) is 5.17. The Hall–Kier alpha value is -2.89. The van der Waals surface area contributed by atoms with Crippen LogP contribution in [0.1, 0.15) is 20.8 Å². The minimum absolute atomic E-state index is 0.164. The Bertz CT molecular complexity index is 654. The number of nitrogens with one attached hydrogen (secondary N) is 2. The summed E-state index contributed by atoms with van der Waals surface area (Å²) in [6.45, 7) is 0.698. The predicted octanol–water partition coefficient (Wildman–Crippen LogP) is 1.31. The number of nitrogens with zero attached hydrogens (tertiary/aromatic N) is 2. The Balaban J connectivity index is 1.75. The second-order valence-electron chi connectivity index (χ2n) is 5.17. The summed E-state index contributed by atoms with van der Waals surface area (Å²) >= 11 is 0. The Morgan fingerprint density at radius 3 is 2.17 bits per heavy atom. The molecule has 2 N–H and O–H groups in total. The summed E-state index contributed by atoms with van der Waals surface area (Å²) in [5.74, 6) is -0.419. The summed E-state index contributed by atoms with van der Waals surface area (Å²) in [6.07, 6.45) is 1.56. The molecule has 2 aromatic rings. The first kappa shape index (κ1) is 16.5. The predicted molar refractivity (Wildman–Crippen MR) is 89.7 cm³/mol. The molecule has 6 nitrogen and oxygen atoms in total. The highest BCUT2D eigenvalue weighted by Gasteiger charge is 2.07. The first-order chi connectivity index (χ1) is 11.1. The molecule has 6 heteroatoms. The van der Waals surface area contributed by atoms with Gasteiger partial charge in [-0.25, -0.2) is 0 Å². The Kier molecular flexibility index (Phi) is 5.68. The minimum atomic E-state index is -0.254. The van der Waals surface area contributed by atoms with Gasteiger partial charge in [0.2, 0.25) is 0 Å². The molecule has 0 spiro atoms. The van der Waals surface area contributed by atoms with Crippen molar-refractivity contribution in [2.75, 3.05) is 32.1 Å². The molecular formula is C17H20N4O2. The third-order valence-corrected chi connectivity index (χ3v) is 3.24. The molecule has 0 fully saturated rings. The van der Waals surface area contributed by atoms with Crippen molar-refractivity contribution < 1.29 is 9.59 Å². The maximum Gasteiger partial charge on any atom is 0.269 e. The van der Waals surface area contributed by atoms with Crippen molar-refractivity contribution in [1.29, 1.82) is 0 Å². The topological polar surface area (TPSA) is 74.3 Å². The zero-order valence-corrected chi connectivity index (χ0v) is 13.2. The van der Waals surface area contributed by atoms with E-state index in [0.717, 1.165) is 5.69 Å². The highest BCUT2D eigenvalue weighted by Crippen LogP contribution is 2.11. The number of aromatic nitrogens is 1. The van der Waals surface area contributed by atoms with Crippen molar-refractivity contribution in [2.45, 2.75) is 0 Å². The number of hydrogen-bond donors (Lipinski definition) is 2. The summed E-state index contributed by atoms with van der Waals surface area (Å²) in [4.78, 5) is 29.7. The number of benzene rings is 1. The van der Waals surface area contributed by atoms with Gasteiger partial charge in [0.1, 0.15) is 5.69 Å². The number of carbonyl (C=O) groups is 2. The Labute approximate surface area is 135 Å². The zero-order valence-electron chi connectivity index (χ0n) is 13.2. The van der Waals surface area contributed by atoms with E-state index >= 15 is 0 Å². The number of hydrogen-bond acceptors (Lipinski definition) is 4. The fourth-order valence-electron chi connectivity index (χ4n) is 1.95. The first-order valence-electron chi connectivity index (χ1n) is 7.33. The van der Waals surface area contributed by atoms with E-state index in [4.69, 9.17) is 0 Å². The van der Waals surface area contributed by atoms with Crippen LogP contribution in [0.3, 0.4) is 0 Å². The van der Waals surface area contributed by atoms with Crippen LogP contribution in [0.4, 0.5) is 5.69 Å². The van der Waals surface area contributed by atoms with Crippen LogP contribution < -0.4 is 15.5 Å². The molecule has 0 atom stereocenters. The molecule has 0 saturated heterocycles. The summed E-state index contributed by atoms with van der Waals surface area (Å²) < 4.78 is 0. The molecular weight excluding hydrogens is 292 g/mol. The van der Waals surface area contributed by atoms with Gasteiger partial charge in [0, 0.05) is 44.6 Å². The van der Waals surface area contributed by atoms with E-state index in [1.165, 1.54) is 0 Å². The average Bonchev–Trinajstić information content (AvgIpc) is 2.59. The van der Waals surface area contributed by atoms with Crippen LogP contribution in [0.25, 0.3) is 0 Å². The van der Waals surface area contributed by atoms with Gasteiger partial charge < -0.3 is 15.5 Å². The van der Waals surface area contributed by atoms with Crippen molar-refractivity contribution in [3.63, 3.8) is 0 Å². The molecule has 1 aromatic heterocycles. The molecule has 0 saturated carbocycles. The lowest BCUT2D eigenvalue weighted by Crippen LogP contribution is -2.35. The molecule has 0 aliphatic heterocycles. The molecule has 23 heavy (non-hydrogen) atoms. The third kappa shape index (κ3) is 4.81. The molecule has 0 unspecified atom stereocenters. The molecule has 120 valence electrons. The van der Waals surface area contributed by atoms with E-state index < -0.39 is 0 Å². The van der Waals surface area contributed by atoms with E-state index in [2.05, 4.69) is 15.6 Å². The largest absolute Gasteiger partial charge is 0.378 e. The van der Waals surface area contributed by atoms with Crippen LogP contribution in [0.15, 0.2) is 48.7 Å². The first-order valence-corrected chi connectivity index (χ1v) is 7.33. The van der Waals surface area contributed by atoms with Crippen LogP contribution in [-0.2, 0) is 0 Å². The van der Waals surface area contributed by atoms with Crippen molar-refractivity contribution >= 4 is 17.5 Å². The summed E-state index contributed by atoms with van der Waals surface area (Å²) in [5, 5.41) is 5.47. The van der Waals surface area contributed by atoms with Gasteiger partial charge in [-0.15, -0.1) is 0 Å². The molecule has 0 aliphatic carbocycles. The molecule has 0 aliphatic rings. The number of amides is 2. The number of carbonyl (C=O) groups excluding carboxylic acids is 2. The third-order valence-electron chi connectivity index (χ3n) is 3.24.